The molecule has 16 heavy (non-hydrogen) atoms. The molecule has 4 heteroatoms. The molecule has 2 atom stereocenters. The highest BCUT2D eigenvalue weighted by Crippen LogP contribution is 2.23. The molecule has 0 radical (unpaired) electrons. The van der Waals surface area contributed by atoms with Crippen molar-refractivity contribution in [3.05, 3.63) is 23.8 Å². The molecule has 2 rings (SSSR count). The van der Waals surface area contributed by atoms with Gasteiger partial charge < -0.3 is 10.5 Å². The van der Waals surface area contributed by atoms with E-state index in [1.165, 1.54) is 0 Å². The van der Waals surface area contributed by atoms with Gasteiger partial charge in [0, 0.05) is 12.4 Å². The third kappa shape index (κ3) is 2.44. The summed E-state index contributed by atoms with van der Waals surface area (Å²) in [5.74, 6) is 1.08. The molecule has 1 heterocycles. The van der Waals surface area contributed by atoms with Crippen molar-refractivity contribution >= 4 is 16.5 Å². The van der Waals surface area contributed by atoms with Crippen LogP contribution in [-0.2, 0) is 15.5 Å². The van der Waals surface area contributed by atoms with Crippen molar-refractivity contribution in [2.75, 3.05) is 24.7 Å². The van der Waals surface area contributed by atoms with Crippen LogP contribution in [0.15, 0.2) is 23.1 Å². The lowest BCUT2D eigenvalue weighted by molar-refractivity contribution is 0.189. The Bertz CT molecular complexity index is 400. The maximum atomic E-state index is 12.1. The molecule has 0 amide bonds. The molecule has 0 saturated carbocycles. The second-order valence-electron chi connectivity index (χ2n) is 4.23. The van der Waals surface area contributed by atoms with Crippen LogP contribution < -0.4 is 5.73 Å². The van der Waals surface area contributed by atoms with Crippen molar-refractivity contribution in [3.8, 4) is 0 Å². The zero-order valence-electron chi connectivity index (χ0n) is 9.44. The van der Waals surface area contributed by atoms with E-state index in [4.69, 9.17) is 10.5 Å². The second kappa shape index (κ2) is 4.97. The molecule has 2 unspecified atom stereocenters. The third-order valence-corrected chi connectivity index (χ3v) is 4.56. The molecule has 1 aromatic rings. The molecule has 1 saturated heterocycles. The van der Waals surface area contributed by atoms with E-state index < -0.39 is 10.8 Å². The van der Waals surface area contributed by atoms with Crippen LogP contribution in [-0.4, -0.2) is 23.2 Å². The molecular weight excluding hydrogens is 222 g/mol. The van der Waals surface area contributed by atoms with Crippen LogP contribution in [0.4, 0.5) is 5.69 Å². The van der Waals surface area contributed by atoms with Gasteiger partial charge in [-0.3, -0.25) is 4.21 Å². The molecular formula is C12H17NO2S. The Balaban J connectivity index is 2.11. The Morgan fingerprint density at radius 1 is 1.56 bits per heavy atom. The van der Waals surface area contributed by atoms with Gasteiger partial charge in [0.05, 0.1) is 28.0 Å². The highest BCUT2D eigenvalue weighted by atomic mass is 32.2. The van der Waals surface area contributed by atoms with E-state index >= 15 is 0 Å². The molecule has 0 spiro atoms. The zero-order chi connectivity index (χ0) is 11.5. The fraction of sp³-hybridized carbons (Fsp3) is 0.500. The normalized spacial score (nSPS) is 22.2. The lowest BCUT2D eigenvalue weighted by Gasteiger charge is -2.10. The summed E-state index contributed by atoms with van der Waals surface area (Å²) in [5, 5.41) is 0. The average Bonchev–Trinajstić information content (AvgIpc) is 2.74. The predicted octanol–water partition coefficient (Wildman–Crippen LogP) is 1.72. The zero-order valence-corrected chi connectivity index (χ0v) is 10.3. The highest BCUT2D eigenvalue weighted by molar-refractivity contribution is 7.85. The van der Waals surface area contributed by atoms with Crippen LogP contribution in [0.2, 0.25) is 0 Å². The number of rotatable bonds is 3. The first-order chi connectivity index (χ1) is 7.68. The van der Waals surface area contributed by atoms with Gasteiger partial charge in [-0.05, 0) is 30.9 Å². The number of hydrogen-bond donors (Lipinski definition) is 1. The lowest BCUT2D eigenvalue weighted by atomic mass is 10.2. The van der Waals surface area contributed by atoms with Gasteiger partial charge >= 0.3 is 0 Å². The second-order valence-corrected chi connectivity index (χ2v) is 5.69. The van der Waals surface area contributed by atoms with Gasteiger partial charge in [-0.25, -0.2) is 0 Å². The molecule has 3 nitrogen and oxygen atoms in total. The Kier molecular flexibility index (Phi) is 3.61. The first-order valence-electron chi connectivity index (χ1n) is 5.49. The largest absolute Gasteiger partial charge is 0.398 e. The van der Waals surface area contributed by atoms with Crippen LogP contribution in [0.3, 0.4) is 0 Å². The SMILES string of the molecule is Cc1cccc(S(=O)CC2CCOC2)c1N. The number of nitrogen functional groups attached to an aromatic ring is 1. The standard InChI is InChI=1S/C12H17NO2S/c1-9-3-2-4-11(12(9)13)16(14)8-10-5-6-15-7-10/h2-4,10H,5-8,13H2,1H3. The topological polar surface area (TPSA) is 52.3 Å². The maximum Gasteiger partial charge on any atom is 0.0620 e. The van der Waals surface area contributed by atoms with E-state index in [0.717, 1.165) is 30.1 Å². The van der Waals surface area contributed by atoms with E-state index in [0.29, 0.717) is 17.4 Å². The average molecular weight is 239 g/mol. The lowest BCUT2D eigenvalue weighted by Crippen LogP contribution is -2.12. The minimum Gasteiger partial charge on any atom is -0.398 e. The summed E-state index contributed by atoms with van der Waals surface area (Å²) in [6, 6.07) is 5.70. The van der Waals surface area contributed by atoms with Crippen LogP contribution in [0, 0.1) is 12.8 Å². The molecule has 0 bridgehead atoms. The van der Waals surface area contributed by atoms with Gasteiger partial charge in [-0.2, -0.15) is 0 Å². The van der Waals surface area contributed by atoms with Crippen molar-refractivity contribution in [3.63, 3.8) is 0 Å². The van der Waals surface area contributed by atoms with E-state index in [1.807, 2.05) is 25.1 Å². The number of nitrogens with two attached hydrogens (primary N) is 1. The Hall–Kier alpha value is -0.870. The summed E-state index contributed by atoms with van der Waals surface area (Å²) in [6.07, 6.45) is 1.01. The summed E-state index contributed by atoms with van der Waals surface area (Å²) in [6.45, 7) is 3.47. The van der Waals surface area contributed by atoms with Crippen molar-refractivity contribution in [1.82, 2.24) is 0 Å². The summed E-state index contributed by atoms with van der Waals surface area (Å²) in [7, 11) is -1.00. The monoisotopic (exact) mass is 239 g/mol. The molecule has 1 fully saturated rings. The van der Waals surface area contributed by atoms with Gasteiger partial charge in [-0.15, -0.1) is 0 Å². The number of benzene rings is 1. The van der Waals surface area contributed by atoms with Crippen LogP contribution in [0.25, 0.3) is 0 Å². The van der Waals surface area contributed by atoms with E-state index in [2.05, 4.69) is 0 Å². The number of aryl methyl sites for hydroxylation is 1. The molecule has 1 aliphatic heterocycles. The van der Waals surface area contributed by atoms with Gasteiger partial charge in [0.1, 0.15) is 0 Å². The van der Waals surface area contributed by atoms with Gasteiger partial charge in [0.15, 0.2) is 0 Å². The number of hydrogen-bond acceptors (Lipinski definition) is 3. The fourth-order valence-electron chi connectivity index (χ4n) is 1.87. The predicted molar refractivity (Wildman–Crippen MR) is 65.8 cm³/mol. The van der Waals surface area contributed by atoms with E-state index in [9.17, 15) is 4.21 Å². The molecule has 88 valence electrons. The van der Waals surface area contributed by atoms with Crippen molar-refractivity contribution in [1.29, 1.82) is 0 Å². The molecule has 0 aromatic heterocycles. The molecule has 2 N–H and O–H groups in total. The smallest absolute Gasteiger partial charge is 0.0620 e. The van der Waals surface area contributed by atoms with Crippen molar-refractivity contribution in [2.45, 2.75) is 18.2 Å². The molecule has 1 aromatic carbocycles. The first-order valence-corrected chi connectivity index (χ1v) is 6.81. The minimum absolute atomic E-state index is 0.417. The van der Waals surface area contributed by atoms with Gasteiger partial charge in [0.25, 0.3) is 0 Å². The highest BCUT2D eigenvalue weighted by Gasteiger charge is 2.20. The van der Waals surface area contributed by atoms with Gasteiger partial charge in [0.2, 0.25) is 0 Å². The first kappa shape index (κ1) is 11.6. The Morgan fingerprint density at radius 3 is 3.06 bits per heavy atom. The Morgan fingerprint density at radius 2 is 2.38 bits per heavy atom. The van der Waals surface area contributed by atoms with Crippen molar-refractivity contribution in [2.24, 2.45) is 5.92 Å². The van der Waals surface area contributed by atoms with Crippen LogP contribution in [0.1, 0.15) is 12.0 Å². The maximum absolute atomic E-state index is 12.1. The van der Waals surface area contributed by atoms with Crippen molar-refractivity contribution < 1.29 is 8.95 Å². The summed E-state index contributed by atoms with van der Waals surface area (Å²) in [5.41, 5.74) is 7.59. The number of ether oxygens (including phenoxy) is 1. The number of anilines is 1. The summed E-state index contributed by atoms with van der Waals surface area (Å²) >= 11 is 0. The van der Waals surface area contributed by atoms with E-state index in [1.54, 1.807) is 0 Å². The molecule has 1 aliphatic rings. The van der Waals surface area contributed by atoms with E-state index in [-0.39, 0.29) is 0 Å². The third-order valence-electron chi connectivity index (χ3n) is 2.94. The Labute approximate surface area is 98.4 Å². The molecule has 0 aliphatic carbocycles. The number of para-hydroxylation sites is 1. The van der Waals surface area contributed by atoms with Gasteiger partial charge in [-0.1, -0.05) is 12.1 Å². The fourth-order valence-corrected chi connectivity index (χ4v) is 3.38. The summed E-state index contributed by atoms with van der Waals surface area (Å²) < 4.78 is 17.4. The quantitative estimate of drug-likeness (QED) is 0.817. The van der Waals surface area contributed by atoms with Crippen LogP contribution in [0.5, 0.6) is 0 Å². The van der Waals surface area contributed by atoms with Crippen LogP contribution >= 0.6 is 0 Å². The summed E-state index contributed by atoms with van der Waals surface area (Å²) in [4.78, 5) is 0.770. The minimum atomic E-state index is -1.00.